The van der Waals surface area contributed by atoms with E-state index < -0.39 is 6.10 Å². The van der Waals surface area contributed by atoms with Crippen LogP contribution in [0.5, 0.6) is 0 Å². The van der Waals surface area contributed by atoms with Gasteiger partial charge in [0.05, 0.1) is 25.0 Å². The number of fused-ring (bicyclic) bond motifs is 2. The highest BCUT2D eigenvalue weighted by atomic mass is 32.1. The standard InChI is InChI=1S/C28H38FN3O3S/c1-17(26(34)30-10-11-32-12-14-35-15-13-32)21-8-9-28(3)16-22-24(18(2)23(28)25(21)33)31-27(36-22)19-4-6-20(29)7-5-19/h4-7,17-18,21,23,25,33H,8-16H2,1-3H3,(H,30,34)/t17-,18-,21+,23+,25-,28-/m0/s1. The number of amides is 1. The normalized spacial score (nSPS) is 31.4. The number of thiazole rings is 1. The molecule has 1 aliphatic heterocycles. The summed E-state index contributed by atoms with van der Waals surface area (Å²) in [4.78, 5) is 21.6. The van der Waals surface area contributed by atoms with Gasteiger partial charge < -0.3 is 15.2 Å². The molecule has 36 heavy (non-hydrogen) atoms. The lowest BCUT2D eigenvalue weighted by molar-refractivity contribution is -0.134. The Kier molecular flexibility index (Phi) is 7.50. The van der Waals surface area contributed by atoms with Crippen LogP contribution in [0.3, 0.4) is 0 Å². The zero-order valence-electron chi connectivity index (χ0n) is 21.5. The fraction of sp³-hybridized carbons (Fsp3) is 0.643. The highest BCUT2D eigenvalue weighted by Crippen LogP contribution is 2.57. The van der Waals surface area contributed by atoms with Crippen molar-refractivity contribution in [3.8, 4) is 10.6 Å². The minimum atomic E-state index is -0.553. The van der Waals surface area contributed by atoms with Gasteiger partial charge in [-0.3, -0.25) is 9.69 Å². The molecule has 6 nitrogen and oxygen atoms in total. The van der Waals surface area contributed by atoms with Crippen molar-refractivity contribution in [3.63, 3.8) is 0 Å². The zero-order chi connectivity index (χ0) is 25.4. The molecule has 2 N–H and O–H groups in total. The molecule has 5 rings (SSSR count). The Morgan fingerprint density at radius 2 is 2.06 bits per heavy atom. The van der Waals surface area contributed by atoms with Gasteiger partial charge in [-0.05, 0) is 60.8 Å². The lowest BCUT2D eigenvalue weighted by atomic mass is 9.53. The van der Waals surface area contributed by atoms with Gasteiger partial charge in [0.15, 0.2) is 0 Å². The number of hydrogen-bond acceptors (Lipinski definition) is 6. The van der Waals surface area contributed by atoms with Crippen molar-refractivity contribution in [2.45, 2.75) is 52.1 Å². The highest BCUT2D eigenvalue weighted by Gasteiger charge is 2.53. The molecule has 2 aliphatic carbocycles. The van der Waals surface area contributed by atoms with Crippen LogP contribution >= 0.6 is 11.3 Å². The summed E-state index contributed by atoms with van der Waals surface area (Å²) in [5.74, 6) is -0.375. The Morgan fingerprint density at radius 3 is 2.78 bits per heavy atom. The summed E-state index contributed by atoms with van der Waals surface area (Å²) in [6, 6.07) is 6.51. The van der Waals surface area contributed by atoms with E-state index in [0.717, 1.165) is 68.4 Å². The topological polar surface area (TPSA) is 74.7 Å². The van der Waals surface area contributed by atoms with Crippen LogP contribution in [0.25, 0.3) is 10.6 Å². The first kappa shape index (κ1) is 25.8. The minimum Gasteiger partial charge on any atom is -0.392 e. The monoisotopic (exact) mass is 515 g/mol. The third-order valence-corrected chi connectivity index (χ3v) is 10.0. The Hall–Kier alpha value is -1.87. The summed E-state index contributed by atoms with van der Waals surface area (Å²) in [5.41, 5.74) is 1.96. The van der Waals surface area contributed by atoms with Crippen molar-refractivity contribution in [2.75, 3.05) is 39.4 Å². The number of hydrogen-bond donors (Lipinski definition) is 2. The molecule has 0 bridgehead atoms. The van der Waals surface area contributed by atoms with Crippen molar-refractivity contribution in [3.05, 3.63) is 40.7 Å². The van der Waals surface area contributed by atoms with Crippen molar-refractivity contribution in [1.82, 2.24) is 15.2 Å². The number of carbonyl (C=O) groups is 1. The summed E-state index contributed by atoms with van der Waals surface area (Å²) in [6.07, 6.45) is 2.17. The number of halogens is 1. The number of aliphatic hydroxyl groups is 1. The molecule has 0 spiro atoms. The summed E-state index contributed by atoms with van der Waals surface area (Å²) in [7, 11) is 0. The summed E-state index contributed by atoms with van der Waals surface area (Å²) < 4.78 is 18.8. The van der Waals surface area contributed by atoms with Gasteiger partial charge in [0.1, 0.15) is 10.8 Å². The number of benzene rings is 1. The minimum absolute atomic E-state index is 0.0263. The number of ether oxygens (including phenoxy) is 1. The lowest BCUT2D eigenvalue weighted by Gasteiger charge is -2.53. The maximum Gasteiger partial charge on any atom is 0.223 e. The van der Waals surface area contributed by atoms with Crippen LogP contribution in [-0.2, 0) is 16.0 Å². The van der Waals surface area contributed by atoms with E-state index in [-0.39, 0.29) is 40.8 Å². The number of aromatic nitrogens is 1. The van der Waals surface area contributed by atoms with Gasteiger partial charge in [-0.25, -0.2) is 9.37 Å². The fourth-order valence-electron chi connectivity index (χ4n) is 6.78. The van der Waals surface area contributed by atoms with Crippen LogP contribution in [0.15, 0.2) is 24.3 Å². The van der Waals surface area contributed by atoms with E-state index in [1.54, 1.807) is 23.5 Å². The molecular formula is C28H38FN3O3S. The molecule has 1 saturated carbocycles. The predicted molar refractivity (Wildman–Crippen MR) is 139 cm³/mol. The third-order valence-electron chi connectivity index (χ3n) is 8.90. The number of carbonyl (C=O) groups excluding carboxylic acids is 1. The van der Waals surface area contributed by atoms with Crippen molar-refractivity contribution in [2.24, 2.45) is 23.2 Å². The van der Waals surface area contributed by atoms with Gasteiger partial charge in [0.2, 0.25) is 5.91 Å². The molecule has 3 aliphatic rings. The summed E-state index contributed by atoms with van der Waals surface area (Å²) in [5, 5.41) is 15.7. The van der Waals surface area contributed by atoms with Gasteiger partial charge in [-0.2, -0.15) is 0 Å². The maximum atomic E-state index is 13.4. The largest absolute Gasteiger partial charge is 0.392 e. The van der Waals surface area contributed by atoms with Crippen LogP contribution in [0.2, 0.25) is 0 Å². The first-order valence-electron chi connectivity index (χ1n) is 13.3. The zero-order valence-corrected chi connectivity index (χ0v) is 22.3. The number of nitrogens with zero attached hydrogens (tertiary/aromatic N) is 2. The molecule has 1 amide bonds. The SMILES string of the molecule is C[C@H](C(=O)NCCN1CCOCC1)[C@H]1CC[C@@]2(C)Cc3sc(-c4ccc(F)cc4)nc3[C@@H](C)[C@@H]2[C@H]1O. The Bertz CT molecular complexity index is 1070. The Balaban J connectivity index is 1.27. The number of aliphatic hydroxyl groups excluding tert-OH is 1. The molecule has 0 radical (unpaired) electrons. The number of morpholine rings is 1. The number of rotatable bonds is 6. The second kappa shape index (κ2) is 10.5. The van der Waals surface area contributed by atoms with Crippen LogP contribution in [0, 0.1) is 29.0 Å². The quantitative estimate of drug-likeness (QED) is 0.606. The average Bonchev–Trinajstić information content (AvgIpc) is 3.28. The van der Waals surface area contributed by atoms with E-state index in [1.165, 1.54) is 17.0 Å². The predicted octanol–water partition coefficient (Wildman–Crippen LogP) is 4.09. The van der Waals surface area contributed by atoms with E-state index >= 15 is 0 Å². The van der Waals surface area contributed by atoms with E-state index in [2.05, 4.69) is 24.1 Å². The van der Waals surface area contributed by atoms with Crippen LogP contribution < -0.4 is 5.32 Å². The molecule has 6 atom stereocenters. The Labute approximate surface area is 217 Å². The van der Waals surface area contributed by atoms with Gasteiger partial charge in [0, 0.05) is 48.5 Å². The summed E-state index contributed by atoms with van der Waals surface area (Å²) >= 11 is 1.70. The molecule has 196 valence electrons. The second-order valence-corrected chi connectivity index (χ2v) is 12.3. The second-order valence-electron chi connectivity index (χ2n) is 11.2. The van der Waals surface area contributed by atoms with Gasteiger partial charge in [-0.15, -0.1) is 11.3 Å². The molecule has 1 aromatic heterocycles. The Morgan fingerprint density at radius 1 is 1.33 bits per heavy atom. The lowest BCUT2D eigenvalue weighted by Crippen LogP contribution is -2.53. The van der Waals surface area contributed by atoms with Crippen molar-refractivity contribution < 1.29 is 19.0 Å². The molecule has 2 fully saturated rings. The first-order chi connectivity index (χ1) is 17.3. The molecule has 1 aromatic carbocycles. The van der Waals surface area contributed by atoms with Gasteiger partial charge >= 0.3 is 0 Å². The van der Waals surface area contributed by atoms with Gasteiger partial charge in [-0.1, -0.05) is 20.8 Å². The third kappa shape index (κ3) is 4.97. The highest BCUT2D eigenvalue weighted by molar-refractivity contribution is 7.15. The molecular weight excluding hydrogens is 477 g/mol. The molecule has 2 aromatic rings. The van der Waals surface area contributed by atoms with E-state index in [4.69, 9.17) is 9.72 Å². The van der Waals surface area contributed by atoms with E-state index in [0.29, 0.717) is 6.54 Å². The first-order valence-corrected chi connectivity index (χ1v) is 14.1. The number of nitrogens with one attached hydrogen (secondary N) is 1. The fourth-order valence-corrected chi connectivity index (χ4v) is 8.15. The molecule has 1 saturated heterocycles. The maximum absolute atomic E-state index is 13.4. The van der Waals surface area contributed by atoms with Gasteiger partial charge in [0.25, 0.3) is 0 Å². The van der Waals surface area contributed by atoms with Crippen molar-refractivity contribution in [1.29, 1.82) is 0 Å². The average molecular weight is 516 g/mol. The van der Waals surface area contributed by atoms with Crippen molar-refractivity contribution >= 4 is 17.2 Å². The van der Waals surface area contributed by atoms with E-state index in [1.807, 2.05) is 6.92 Å². The molecule has 8 heteroatoms. The molecule has 0 unspecified atom stereocenters. The summed E-state index contributed by atoms with van der Waals surface area (Å²) in [6.45, 7) is 11.2. The van der Waals surface area contributed by atoms with E-state index in [9.17, 15) is 14.3 Å². The van der Waals surface area contributed by atoms with Crippen LogP contribution in [0.1, 0.15) is 50.1 Å². The molecule has 2 heterocycles. The van der Waals surface area contributed by atoms with Crippen LogP contribution in [-0.4, -0.2) is 66.4 Å². The smallest absolute Gasteiger partial charge is 0.223 e. The van der Waals surface area contributed by atoms with Crippen LogP contribution in [0.4, 0.5) is 4.39 Å².